The summed E-state index contributed by atoms with van der Waals surface area (Å²) in [4.78, 5) is 22.9. The van der Waals surface area contributed by atoms with Gasteiger partial charge in [-0.05, 0) is 50.1 Å². The van der Waals surface area contributed by atoms with E-state index >= 15 is 0 Å². The number of nitrogens with one attached hydrogen (secondary N) is 2. The average molecular weight is 389 g/mol. The smallest absolute Gasteiger partial charge is 0.278 e. The number of benzene rings is 1. The molecule has 0 aliphatic heterocycles. The molecule has 2 aromatic heterocycles. The van der Waals surface area contributed by atoms with Crippen molar-refractivity contribution >= 4 is 38.1 Å². The lowest BCUT2D eigenvalue weighted by atomic mass is 10.1. The molecule has 8 heteroatoms. The number of aryl methyl sites for hydroxylation is 2. The van der Waals surface area contributed by atoms with Gasteiger partial charge in [-0.15, -0.1) is 0 Å². The summed E-state index contributed by atoms with van der Waals surface area (Å²) in [6, 6.07) is 8.48. The van der Waals surface area contributed by atoms with Crippen LogP contribution in [0.3, 0.4) is 0 Å². The topological polar surface area (TPSA) is 83.5 Å². The first-order chi connectivity index (χ1) is 13.0. The van der Waals surface area contributed by atoms with E-state index in [4.69, 9.17) is 9.94 Å². The normalized spacial score (nSPS) is 11.0. The molecule has 3 rings (SSSR count). The maximum absolute atomic E-state index is 14.3. The van der Waals surface area contributed by atoms with Gasteiger partial charge in [-0.2, -0.15) is 0 Å². The van der Waals surface area contributed by atoms with Gasteiger partial charge in [0.25, 0.3) is 5.91 Å². The molecule has 0 saturated heterocycles. The molecule has 0 bridgehead atoms. The number of aliphatic hydroxyl groups is 1. The predicted octanol–water partition coefficient (Wildman–Crippen LogP) is 3.84. The summed E-state index contributed by atoms with van der Waals surface area (Å²) >= 11 is 1.27. The van der Waals surface area contributed by atoms with Gasteiger partial charge < -0.3 is 10.4 Å². The van der Waals surface area contributed by atoms with Crippen molar-refractivity contribution < 1.29 is 19.1 Å². The lowest BCUT2D eigenvalue weighted by Gasteiger charge is -2.10. The molecule has 0 saturated carbocycles. The summed E-state index contributed by atoms with van der Waals surface area (Å²) in [5.41, 5.74) is 4.62. The molecular weight excluding hydrogens is 369 g/mol. The third-order valence-electron chi connectivity index (χ3n) is 3.86. The first kappa shape index (κ1) is 19.2. The molecule has 0 aliphatic rings. The number of rotatable bonds is 7. The number of hydrogen-bond donors (Lipinski definition) is 3. The van der Waals surface area contributed by atoms with Crippen LogP contribution in [0, 0.1) is 19.7 Å². The van der Waals surface area contributed by atoms with Gasteiger partial charge in [0, 0.05) is 17.7 Å². The molecular formula is C19H20FN3O3S. The number of thiophene rings is 1. The second-order valence-electron chi connectivity index (χ2n) is 6.08. The Morgan fingerprint density at radius 3 is 2.85 bits per heavy atom. The third kappa shape index (κ3) is 4.41. The van der Waals surface area contributed by atoms with Crippen LogP contribution in [-0.4, -0.2) is 29.2 Å². The van der Waals surface area contributed by atoms with Crippen molar-refractivity contribution in [2.24, 2.45) is 0 Å². The first-order valence-corrected chi connectivity index (χ1v) is 9.27. The highest BCUT2D eigenvalue weighted by Gasteiger charge is 2.21. The van der Waals surface area contributed by atoms with E-state index in [1.54, 1.807) is 12.1 Å². The van der Waals surface area contributed by atoms with Gasteiger partial charge in [0.05, 0.1) is 17.9 Å². The van der Waals surface area contributed by atoms with E-state index in [0.29, 0.717) is 27.2 Å². The van der Waals surface area contributed by atoms with Crippen LogP contribution in [0.15, 0.2) is 30.3 Å². The van der Waals surface area contributed by atoms with E-state index in [2.05, 4.69) is 15.8 Å². The van der Waals surface area contributed by atoms with Crippen molar-refractivity contribution in [2.75, 3.05) is 18.5 Å². The molecule has 3 N–H and O–H groups in total. The molecule has 0 aliphatic carbocycles. The minimum atomic E-state index is -0.458. The summed E-state index contributed by atoms with van der Waals surface area (Å²) in [5, 5.41) is 12.9. The summed E-state index contributed by atoms with van der Waals surface area (Å²) in [6.07, 6.45) is 0.408. The summed E-state index contributed by atoms with van der Waals surface area (Å²) in [5.74, 6) is -0.859. The number of carbonyl (C=O) groups excluding carboxylic acids is 1. The quantitative estimate of drug-likeness (QED) is 0.422. The Hall–Kier alpha value is -2.55. The fourth-order valence-corrected chi connectivity index (χ4v) is 3.66. The Kier molecular flexibility index (Phi) is 6.00. The lowest BCUT2D eigenvalue weighted by molar-refractivity contribution is 0.0264. The number of amides is 1. The van der Waals surface area contributed by atoms with E-state index in [0.717, 1.165) is 11.3 Å². The highest BCUT2D eigenvalue weighted by atomic mass is 32.1. The Balaban J connectivity index is 1.96. The van der Waals surface area contributed by atoms with Crippen molar-refractivity contribution in [3.8, 4) is 0 Å². The molecule has 1 amide bonds. The highest BCUT2D eigenvalue weighted by Crippen LogP contribution is 2.37. The number of hydroxylamine groups is 1. The molecule has 1 aromatic carbocycles. The minimum absolute atomic E-state index is 0.0278. The molecule has 0 radical (unpaired) electrons. The fourth-order valence-electron chi connectivity index (χ4n) is 2.53. The van der Waals surface area contributed by atoms with Gasteiger partial charge in [-0.3, -0.25) is 9.63 Å². The maximum Gasteiger partial charge on any atom is 0.278 e. The molecule has 0 fully saturated rings. The number of nitrogens with zero attached hydrogens (tertiary/aromatic N) is 1. The zero-order valence-electron chi connectivity index (χ0n) is 15.0. The van der Waals surface area contributed by atoms with Crippen LogP contribution < -0.4 is 10.8 Å². The van der Waals surface area contributed by atoms with Gasteiger partial charge in [0.2, 0.25) is 0 Å². The van der Waals surface area contributed by atoms with Gasteiger partial charge >= 0.3 is 0 Å². The fraction of sp³-hybridized carbons (Fsp3) is 0.263. The Morgan fingerprint density at radius 2 is 2.11 bits per heavy atom. The van der Waals surface area contributed by atoms with Gasteiger partial charge in [0.1, 0.15) is 15.6 Å². The Morgan fingerprint density at radius 1 is 1.30 bits per heavy atom. The summed E-state index contributed by atoms with van der Waals surface area (Å²) < 4.78 is 14.3. The molecule has 2 heterocycles. The van der Waals surface area contributed by atoms with E-state index in [-0.39, 0.29) is 18.9 Å². The van der Waals surface area contributed by atoms with Gasteiger partial charge in [-0.25, -0.2) is 14.9 Å². The zero-order valence-corrected chi connectivity index (χ0v) is 15.8. The van der Waals surface area contributed by atoms with Crippen LogP contribution in [0.25, 0.3) is 10.2 Å². The summed E-state index contributed by atoms with van der Waals surface area (Å²) in [6.45, 7) is 3.84. The molecule has 3 aromatic rings. The summed E-state index contributed by atoms with van der Waals surface area (Å²) in [7, 11) is 0. The second kappa shape index (κ2) is 8.43. The highest BCUT2D eigenvalue weighted by molar-refractivity contribution is 7.23. The zero-order chi connectivity index (χ0) is 19.4. The number of halogens is 1. The van der Waals surface area contributed by atoms with Crippen LogP contribution in [0.1, 0.15) is 28.0 Å². The van der Waals surface area contributed by atoms with Gasteiger partial charge in [0.15, 0.2) is 0 Å². The predicted molar refractivity (Wildman–Crippen MR) is 104 cm³/mol. The Bertz CT molecular complexity index is 974. The lowest BCUT2D eigenvalue weighted by Crippen LogP contribution is -2.25. The number of hydrogen-bond acceptors (Lipinski definition) is 6. The largest absolute Gasteiger partial charge is 0.396 e. The van der Waals surface area contributed by atoms with Crippen LogP contribution in [-0.2, 0) is 4.84 Å². The van der Waals surface area contributed by atoms with Crippen LogP contribution in [0.4, 0.5) is 15.1 Å². The van der Waals surface area contributed by atoms with Gasteiger partial charge in [-0.1, -0.05) is 17.4 Å². The molecule has 0 unspecified atom stereocenters. The first-order valence-electron chi connectivity index (χ1n) is 8.46. The SMILES string of the molecule is Cc1ccc(Nc2sc3nc(C)ccc3c2C(=O)NOCCCO)c(F)c1. The molecule has 142 valence electrons. The van der Waals surface area contributed by atoms with E-state index in [1.165, 1.54) is 17.4 Å². The number of carbonyl (C=O) groups is 1. The standard InChI is InChI=1S/C19H20FN3O3S/c1-11-4-7-15(14(20)10-11)22-19-16(17(25)23-26-9-3-8-24)13-6-5-12(2)21-18(13)27-19/h4-7,10,22,24H,3,8-9H2,1-2H3,(H,23,25). The second-order valence-corrected chi connectivity index (χ2v) is 7.08. The van der Waals surface area contributed by atoms with E-state index < -0.39 is 11.7 Å². The van der Waals surface area contributed by atoms with Crippen molar-refractivity contribution in [3.63, 3.8) is 0 Å². The Labute approximate surface area is 160 Å². The number of aromatic nitrogens is 1. The average Bonchev–Trinajstić information content (AvgIpc) is 2.98. The van der Waals surface area contributed by atoms with Crippen molar-refractivity contribution in [2.45, 2.75) is 20.3 Å². The number of pyridine rings is 1. The third-order valence-corrected chi connectivity index (χ3v) is 4.88. The van der Waals surface area contributed by atoms with Crippen LogP contribution >= 0.6 is 11.3 Å². The molecule has 0 spiro atoms. The molecule has 0 atom stereocenters. The monoisotopic (exact) mass is 389 g/mol. The molecule has 6 nitrogen and oxygen atoms in total. The van der Waals surface area contributed by atoms with Crippen molar-refractivity contribution in [1.82, 2.24) is 10.5 Å². The van der Waals surface area contributed by atoms with Crippen molar-refractivity contribution in [3.05, 3.63) is 53.0 Å². The number of fused-ring (bicyclic) bond motifs is 1. The van der Waals surface area contributed by atoms with E-state index in [1.807, 2.05) is 26.0 Å². The van der Waals surface area contributed by atoms with Crippen LogP contribution in [0.2, 0.25) is 0 Å². The van der Waals surface area contributed by atoms with E-state index in [9.17, 15) is 9.18 Å². The number of anilines is 2. The number of aliphatic hydroxyl groups excluding tert-OH is 1. The minimum Gasteiger partial charge on any atom is -0.396 e. The maximum atomic E-state index is 14.3. The van der Waals surface area contributed by atoms with Crippen molar-refractivity contribution in [1.29, 1.82) is 0 Å². The van der Waals surface area contributed by atoms with Crippen LogP contribution in [0.5, 0.6) is 0 Å². The molecule has 27 heavy (non-hydrogen) atoms.